The molecule has 0 unspecified atom stereocenters. The van der Waals surface area contributed by atoms with Gasteiger partial charge in [-0.1, -0.05) is 51.9 Å². The lowest BCUT2D eigenvalue weighted by Crippen LogP contribution is -2.38. The SMILES string of the molecule is CC(C)(C)c1cc(N(C(=O)N(c2ccc(Oc3ccc(N)cc3)cc2)c2ccc(Oc3ccc(N)cc3)cc2)c2cc(C(C)(C)C)on2)no1. The van der Waals surface area contributed by atoms with E-state index >= 15 is 0 Å². The number of nitrogens with zero attached hydrogens (tertiary/aromatic N) is 4. The second kappa shape index (κ2) is 13.3. The number of ether oxygens (including phenoxy) is 2. The molecule has 4 N–H and O–H groups in total. The molecule has 0 aliphatic carbocycles. The quantitative estimate of drug-likeness (QED) is 0.151. The number of hydrogen-bond donors (Lipinski definition) is 2. The Bertz CT molecular complexity index is 1910. The summed E-state index contributed by atoms with van der Waals surface area (Å²) in [4.78, 5) is 17.9. The highest BCUT2D eigenvalue weighted by atomic mass is 16.5. The van der Waals surface area contributed by atoms with E-state index in [4.69, 9.17) is 30.0 Å². The number of nitrogens with two attached hydrogens (primary N) is 2. The summed E-state index contributed by atoms with van der Waals surface area (Å²) < 4.78 is 23.5. The molecule has 2 amide bonds. The van der Waals surface area contributed by atoms with Gasteiger partial charge in [-0.25, -0.2) is 9.69 Å². The first-order chi connectivity index (χ1) is 23.7. The Labute approximate surface area is 291 Å². The number of anilines is 6. The van der Waals surface area contributed by atoms with Crippen molar-refractivity contribution < 1.29 is 23.3 Å². The zero-order valence-electron chi connectivity index (χ0n) is 28.9. The highest BCUT2D eigenvalue weighted by Gasteiger charge is 2.34. The van der Waals surface area contributed by atoms with Crippen molar-refractivity contribution in [1.82, 2.24) is 10.3 Å². The fourth-order valence-corrected chi connectivity index (χ4v) is 4.90. The lowest BCUT2D eigenvalue weighted by Gasteiger charge is -2.28. The fraction of sp³-hybridized carbons (Fsp3) is 0.205. The van der Waals surface area contributed by atoms with Gasteiger partial charge in [-0.05, 0) is 97.1 Å². The number of aromatic nitrogens is 2. The number of carbonyl (C=O) groups excluding carboxylic acids is 1. The van der Waals surface area contributed by atoms with Crippen LogP contribution in [0.5, 0.6) is 23.0 Å². The summed E-state index contributed by atoms with van der Waals surface area (Å²) in [5, 5.41) is 8.64. The highest BCUT2D eigenvalue weighted by Crippen LogP contribution is 2.38. The van der Waals surface area contributed by atoms with E-state index in [2.05, 4.69) is 10.3 Å². The molecule has 50 heavy (non-hydrogen) atoms. The number of hydrogen-bond acceptors (Lipinski definition) is 9. The van der Waals surface area contributed by atoms with Crippen molar-refractivity contribution in [2.45, 2.75) is 52.4 Å². The molecule has 256 valence electrons. The minimum absolute atomic E-state index is 0.255. The van der Waals surface area contributed by atoms with E-state index in [1.807, 2.05) is 41.5 Å². The van der Waals surface area contributed by atoms with Crippen LogP contribution in [0.3, 0.4) is 0 Å². The van der Waals surface area contributed by atoms with Crippen LogP contribution >= 0.6 is 0 Å². The first-order valence-electron chi connectivity index (χ1n) is 16.1. The summed E-state index contributed by atoms with van der Waals surface area (Å²) in [5.41, 5.74) is 13.3. The Hall–Kier alpha value is -6.23. The van der Waals surface area contributed by atoms with Gasteiger partial charge in [0.25, 0.3) is 0 Å². The van der Waals surface area contributed by atoms with Gasteiger partial charge >= 0.3 is 6.03 Å². The molecule has 0 aliphatic heterocycles. The maximum Gasteiger partial charge on any atom is 0.340 e. The Morgan fingerprint density at radius 1 is 0.540 bits per heavy atom. The van der Waals surface area contributed by atoms with Gasteiger partial charge in [-0.3, -0.25) is 4.90 Å². The van der Waals surface area contributed by atoms with Crippen molar-refractivity contribution in [3.8, 4) is 23.0 Å². The fourth-order valence-electron chi connectivity index (χ4n) is 4.90. The smallest absolute Gasteiger partial charge is 0.340 e. The molecule has 0 bridgehead atoms. The van der Waals surface area contributed by atoms with E-state index in [0.29, 0.717) is 57.3 Å². The Morgan fingerprint density at radius 3 is 1.16 bits per heavy atom. The van der Waals surface area contributed by atoms with Gasteiger partial charge in [0.15, 0.2) is 11.6 Å². The van der Waals surface area contributed by atoms with Crippen LogP contribution in [-0.2, 0) is 10.8 Å². The van der Waals surface area contributed by atoms with Crippen LogP contribution in [0.25, 0.3) is 0 Å². The Morgan fingerprint density at radius 2 is 0.860 bits per heavy atom. The van der Waals surface area contributed by atoms with Crippen LogP contribution in [0.4, 0.5) is 39.2 Å². The van der Waals surface area contributed by atoms with Gasteiger partial charge in [0.2, 0.25) is 0 Å². The maximum absolute atomic E-state index is 15.0. The summed E-state index contributed by atoms with van der Waals surface area (Å²) >= 11 is 0. The van der Waals surface area contributed by atoms with E-state index in [1.54, 1.807) is 114 Å². The second-order valence-corrected chi connectivity index (χ2v) is 13.9. The molecule has 11 heteroatoms. The number of carbonyl (C=O) groups is 1. The largest absolute Gasteiger partial charge is 0.457 e. The lowest BCUT2D eigenvalue weighted by atomic mass is 9.93. The third-order valence-corrected chi connectivity index (χ3v) is 7.74. The highest BCUT2D eigenvalue weighted by molar-refractivity contribution is 6.11. The Balaban J connectivity index is 1.41. The summed E-state index contributed by atoms with van der Waals surface area (Å²) in [6, 6.07) is 31.6. The lowest BCUT2D eigenvalue weighted by molar-refractivity contribution is 0.254. The van der Waals surface area contributed by atoms with Crippen LogP contribution in [0, 0.1) is 0 Å². The van der Waals surface area contributed by atoms with E-state index in [0.717, 1.165) is 0 Å². The maximum atomic E-state index is 15.0. The normalized spacial score (nSPS) is 11.6. The average molecular weight is 673 g/mol. The molecular formula is C39H40N6O5. The molecule has 0 aliphatic rings. The number of urea groups is 1. The van der Waals surface area contributed by atoms with Crippen molar-refractivity contribution in [3.63, 3.8) is 0 Å². The summed E-state index contributed by atoms with van der Waals surface area (Å²) in [5.74, 6) is 4.12. The van der Waals surface area contributed by atoms with Gasteiger partial charge in [-0.15, -0.1) is 0 Å². The van der Waals surface area contributed by atoms with Crippen LogP contribution < -0.4 is 30.7 Å². The van der Waals surface area contributed by atoms with Gasteiger partial charge in [0.1, 0.15) is 34.5 Å². The molecular weight excluding hydrogens is 632 g/mol. The van der Waals surface area contributed by atoms with Crippen LogP contribution in [0.15, 0.2) is 118 Å². The minimum atomic E-state index is -0.480. The second-order valence-electron chi connectivity index (χ2n) is 13.9. The number of nitrogen functional groups attached to an aromatic ring is 2. The van der Waals surface area contributed by atoms with E-state index in [-0.39, 0.29) is 22.5 Å². The summed E-state index contributed by atoms with van der Waals surface area (Å²) in [7, 11) is 0. The molecule has 0 saturated heterocycles. The van der Waals surface area contributed by atoms with Gasteiger partial charge in [-0.2, -0.15) is 0 Å². The van der Waals surface area contributed by atoms with Crippen LogP contribution in [0.1, 0.15) is 53.1 Å². The standard InChI is InChI=1S/C39H40N6O5/c1-38(2,3)33-23-35(42-49-33)45(36-24-34(50-43-36)39(4,5)6)37(46)44(27-11-19-31(20-12-27)47-29-15-7-25(40)8-16-29)28-13-21-32(22-14-28)48-30-17-9-26(41)10-18-30/h7-24H,40-41H2,1-6H3. The van der Waals surface area contributed by atoms with E-state index < -0.39 is 6.03 Å². The monoisotopic (exact) mass is 672 g/mol. The molecule has 0 spiro atoms. The van der Waals surface area contributed by atoms with Gasteiger partial charge < -0.3 is 30.0 Å². The number of rotatable bonds is 8. The summed E-state index contributed by atoms with van der Waals surface area (Å²) in [6.45, 7) is 12.0. The molecule has 2 heterocycles. The molecule has 0 saturated carbocycles. The molecule has 6 aromatic rings. The number of benzene rings is 4. The van der Waals surface area contributed by atoms with Crippen LogP contribution in [-0.4, -0.2) is 16.3 Å². The molecule has 11 nitrogen and oxygen atoms in total. The minimum Gasteiger partial charge on any atom is -0.457 e. The number of amides is 2. The predicted octanol–water partition coefficient (Wildman–Crippen LogP) is 10.1. The average Bonchev–Trinajstić information content (AvgIpc) is 3.77. The van der Waals surface area contributed by atoms with E-state index in [9.17, 15) is 4.79 Å². The van der Waals surface area contributed by atoms with E-state index in [1.165, 1.54) is 4.90 Å². The van der Waals surface area contributed by atoms with Gasteiger partial charge in [0.05, 0.1) is 11.4 Å². The zero-order valence-corrected chi connectivity index (χ0v) is 28.9. The molecule has 4 aromatic carbocycles. The topological polar surface area (TPSA) is 146 Å². The molecule has 0 atom stereocenters. The molecule has 0 radical (unpaired) electrons. The zero-order chi connectivity index (χ0) is 35.6. The first-order valence-corrected chi connectivity index (χ1v) is 16.1. The third-order valence-electron chi connectivity index (χ3n) is 7.74. The summed E-state index contributed by atoms with van der Waals surface area (Å²) in [6.07, 6.45) is 0. The molecule has 2 aromatic heterocycles. The third kappa shape index (κ3) is 7.57. The van der Waals surface area contributed by atoms with Crippen LogP contribution in [0.2, 0.25) is 0 Å². The molecule has 0 fully saturated rings. The van der Waals surface area contributed by atoms with Crippen molar-refractivity contribution in [2.75, 3.05) is 21.3 Å². The predicted molar refractivity (Wildman–Crippen MR) is 195 cm³/mol. The molecule has 6 rings (SSSR count). The van der Waals surface area contributed by atoms with Crippen molar-refractivity contribution in [1.29, 1.82) is 0 Å². The van der Waals surface area contributed by atoms with Crippen molar-refractivity contribution in [2.24, 2.45) is 0 Å². The first kappa shape index (κ1) is 33.7. The van der Waals surface area contributed by atoms with Crippen molar-refractivity contribution >= 4 is 40.4 Å². The van der Waals surface area contributed by atoms with Gasteiger partial charge in [0, 0.05) is 34.3 Å². The Kier molecular flexibility index (Phi) is 8.99. The van der Waals surface area contributed by atoms with Crippen molar-refractivity contribution in [3.05, 3.63) is 121 Å².